The number of carbonyl (C=O) groups excluding carboxylic acids is 2. The molecule has 0 bridgehead atoms. The summed E-state index contributed by atoms with van der Waals surface area (Å²) < 4.78 is 1.75. The average molecular weight is 250 g/mol. The number of hydrogen-bond donors (Lipinski definition) is 1. The van der Waals surface area contributed by atoms with Crippen LogP contribution in [0.3, 0.4) is 0 Å². The van der Waals surface area contributed by atoms with Crippen LogP contribution in [0, 0.1) is 5.92 Å². The highest BCUT2D eigenvalue weighted by Gasteiger charge is 2.28. The summed E-state index contributed by atoms with van der Waals surface area (Å²) in [5.74, 6) is -0.281. The molecule has 1 aromatic rings. The number of nitrogens with one attached hydrogen (secondary N) is 1. The number of piperidine rings is 1. The van der Waals surface area contributed by atoms with Crippen molar-refractivity contribution in [2.75, 3.05) is 18.9 Å². The molecule has 1 atom stereocenters. The number of rotatable bonds is 3. The normalized spacial score (nSPS) is 20.0. The van der Waals surface area contributed by atoms with Crippen molar-refractivity contribution >= 4 is 17.5 Å². The molecule has 0 spiro atoms. The molecule has 6 nitrogen and oxygen atoms in total. The van der Waals surface area contributed by atoms with Crippen molar-refractivity contribution in [1.82, 2.24) is 14.7 Å². The summed E-state index contributed by atoms with van der Waals surface area (Å²) in [6.07, 6.45) is 4.42. The van der Waals surface area contributed by atoms with E-state index < -0.39 is 0 Å². The van der Waals surface area contributed by atoms with Gasteiger partial charge in [0.2, 0.25) is 11.8 Å². The van der Waals surface area contributed by atoms with Crippen LogP contribution in [0.4, 0.5) is 5.69 Å². The van der Waals surface area contributed by atoms with Gasteiger partial charge in [0.05, 0.1) is 11.9 Å². The maximum absolute atomic E-state index is 12.0. The van der Waals surface area contributed by atoms with Crippen molar-refractivity contribution in [2.24, 2.45) is 5.92 Å². The van der Waals surface area contributed by atoms with E-state index in [0.29, 0.717) is 18.7 Å². The first-order valence-corrected chi connectivity index (χ1v) is 6.17. The van der Waals surface area contributed by atoms with Crippen LogP contribution in [0.2, 0.25) is 0 Å². The largest absolute Gasteiger partial charge is 0.346 e. The second-order valence-electron chi connectivity index (χ2n) is 4.58. The Morgan fingerprint density at radius 2 is 2.39 bits per heavy atom. The molecule has 1 aromatic heterocycles. The second kappa shape index (κ2) is 5.20. The molecule has 2 heterocycles. The van der Waals surface area contributed by atoms with Crippen LogP contribution in [0.25, 0.3) is 0 Å². The van der Waals surface area contributed by atoms with E-state index in [2.05, 4.69) is 10.4 Å². The minimum atomic E-state index is -0.223. The molecular formula is C12H18N4O2. The molecule has 18 heavy (non-hydrogen) atoms. The first kappa shape index (κ1) is 12.6. The van der Waals surface area contributed by atoms with Gasteiger partial charge in [0.15, 0.2) is 0 Å². The summed E-state index contributed by atoms with van der Waals surface area (Å²) >= 11 is 0. The molecule has 0 aliphatic carbocycles. The minimum absolute atomic E-state index is 0.0330. The second-order valence-corrected chi connectivity index (χ2v) is 4.58. The number of likely N-dealkylation sites (tertiary alicyclic amines) is 1. The summed E-state index contributed by atoms with van der Waals surface area (Å²) in [5, 5.41) is 6.90. The molecule has 0 saturated carbocycles. The lowest BCUT2D eigenvalue weighted by molar-refractivity contribution is -0.137. The molecule has 0 unspecified atom stereocenters. The van der Waals surface area contributed by atoms with Gasteiger partial charge in [0.1, 0.15) is 0 Å². The van der Waals surface area contributed by atoms with Gasteiger partial charge < -0.3 is 10.2 Å². The van der Waals surface area contributed by atoms with Gasteiger partial charge >= 0.3 is 0 Å². The lowest BCUT2D eigenvalue weighted by Crippen LogP contribution is -2.39. The zero-order valence-electron chi connectivity index (χ0n) is 10.7. The van der Waals surface area contributed by atoms with Crippen LogP contribution in [0.5, 0.6) is 0 Å². The first-order chi connectivity index (χ1) is 8.60. The minimum Gasteiger partial charge on any atom is -0.346 e. The molecule has 1 N–H and O–H groups in total. The zero-order valence-corrected chi connectivity index (χ0v) is 10.7. The Balaban J connectivity index is 1.93. The van der Waals surface area contributed by atoms with E-state index in [0.717, 1.165) is 13.0 Å². The Labute approximate surface area is 106 Å². The Kier molecular flexibility index (Phi) is 3.64. The molecule has 0 radical (unpaired) electrons. The summed E-state index contributed by atoms with van der Waals surface area (Å²) in [6.45, 7) is 3.39. The third-order valence-corrected chi connectivity index (χ3v) is 3.26. The Morgan fingerprint density at radius 3 is 3.00 bits per heavy atom. The number of hydrogen-bond acceptors (Lipinski definition) is 3. The number of nitrogens with zero attached hydrogens (tertiary/aromatic N) is 3. The fourth-order valence-corrected chi connectivity index (χ4v) is 2.01. The molecule has 1 fully saturated rings. The third-order valence-electron chi connectivity index (χ3n) is 3.26. The molecular weight excluding hydrogens is 232 g/mol. The average Bonchev–Trinajstić information content (AvgIpc) is 2.80. The van der Waals surface area contributed by atoms with Gasteiger partial charge in [-0.3, -0.25) is 14.3 Å². The molecule has 0 aromatic carbocycles. The van der Waals surface area contributed by atoms with Crippen molar-refractivity contribution in [1.29, 1.82) is 0 Å². The van der Waals surface area contributed by atoms with Gasteiger partial charge in [-0.1, -0.05) is 0 Å². The van der Waals surface area contributed by atoms with Crippen LogP contribution in [-0.4, -0.2) is 40.1 Å². The topological polar surface area (TPSA) is 67.2 Å². The van der Waals surface area contributed by atoms with Crippen molar-refractivity contribution in [3.63, 3.8) is 0 Å². The monoisotopic (exact) mass is 250 g/mol. The highest BCUT2D eigenvalue weighted by atomic mass is 16.2. The molecule has 1 aliphatic heterocycles. The smallest absolute Gasteiger partial charge is 0.228 e. The van der Waals surface area contributed by atoms with E-state index in [-0.39, 0.29) is 17.7 Å². The highest BCUT2D eigenvalue weighted by Crippen LogP contribution is 2.19. The number of anilines is 1. The van der Waals surface area contributed by atoms with Crippen molar-refractivity contribution in [2.45, 2.75) is 26.3 Å². The summed E-state index contributed by atoms with van der Waals surface area (Å²) in [5.41, 5.74) is 0.688. The molecule has 2 rings (SSSR count). The molecule has 2 amide bonds. The van der Waals surface area contributed by atoms with Gasteiger partial charge in [-0.2, -0.15) is 5.10 Å². The lowest BCUT2D eigenvalue weighted by Gasteiger charge is -2.27. The summed E-state index contributed by atoms with van der Waals surface area (Å²) in [4.78, 5) is 25.2. The van der Waals surface area contributed by atoms with Crippen molar-refractivity contribution in [3.8, 4) is 0 Å². The summed E-state index contributed by atoms with van der Waals surface area (Å²) in [6, 6.07) is 0. The summed E-state index contributed by atoms with van der Waals surface area (Å²) in [7, 11) is 1.77. The van der Waals surface area contributed by atoms with Gasteiger partial charge in [0, 0.05) is 38.7 Å². The molecule has 98 valence electrons. The van der Waals surface area contributed by atoms with Gasteiger partial charge in [-0.05, 0) is 13.3 Å². The van der Waals surface area contributed by atoms with E-state index in [1.54, 1.807) is 29.0 Å². The van der Waals surface area contributed by atoms with Gasteiger partial charge in [-0.25, -0.2) is 0 Å². The Hall–Kier alpha value is -1.85. The standard InChI is InChI=1S/C12H18N4O2/c1-3-16-8-10(7-13-16)14-12(18)9-4-5-15(2)11(17)6-9/h7-9H,3-6H2,1-2H3,(H,14,18)/t9-/m0/s1. The quantitative estimate of drug-likeness (QED) is 0.859. The lowest BCUT2D eigenvalue weighted by atomic mass is 9.95. The van der Waals surface area contributed by atoms with E-state index in [9.17, 15) is 9.59 Å². The van der Waals surface area contributed by atoms with Crippen LogP contribution in [0.15, 0.2) is 12.4 Å². The van der Waals surface area contributed by atoms with E-state index in [4.69, 9.17) is 0 Å². The van der Waals surface area contributed by atoms with Crippen molar-refractivity contribution in [3.05, 3.63) is 12.4 Å². The zero-order chi connectivity index (χ0) is 13.1. The fourth-order valence-electron chi connectivity index (χ4n) is 2.01. The number of aromatic nitrogens is 2. The van der Waals surface area contributed by atoms with Crippen LogP contribution in [0.1, 0.15) is 19.8 Å². The predicted octanol–water partition coefficient (Wildman–Crippen LogP) is 0.710. The molecule has 6 heteroatoms. The van der Waals surface area contributed by atoms with E-state index in [1.807, 2.05) is 6.92 Å². The number of carbonyl (C=O) groups is 2. The van der Waals surface area contributed by atoms with E-state index in [1.165, 1.54) is 0 Å². The van der Waals surface area contributed by atoms with Crippen LogP contribution in [-0.2, 0) is 16.1 Å². The maximum Gasteiger partial charge on any atom is 0.228 e. The fraction of sp³-hybridized carbons (Fsp3) is 0.583. The molecule has 1 aliphatic rings. The maximum atomic E-state index is 12.0. The Bertz CT molecular complexity index is 455. The number of amides is 2. The first-order valence-electron chi connectivity index (χ1n) is 6.17. The predicted molar refractivity (Wildman–Crippen MR) is 66.9 cm³/mol. The molecule has 1 saturated heterocycles. The van der Waals surface area contributed by atoms with Crippen molar-refractivity contribution < 1.29 is 9.59 Å². The van der Waals surface area contributed by atoms with E-state index >= 15 is 0 Å². The highest BCUT2D eigenvalue weighted by molar-refractivity contribution is 5.95. The SMILES string of the molecule is CCn1cc(NC(=O)[C@H]2CCN(C)C(=O)C2)cn1. The van der Waals surface area contributed by atoms with Gasteiger partial charge in [0.25, 0.3) is 0 Å². The van der Waals surface area contributed by atoms with Crippen LogP contribution >= 0.6 is 0 Å². The van der Waals surface area contributed by atoms with Gasteiger partial charge in [-0.15, -0.1) is 0 Å². The Morgan fingerprint density at radius 1 is 1.61 bits per heavy atom. The number of aryl methyl sites for hydroxylation is 1. The third kappa shape index (κ3) is 2.69. The van der Waals surface area contributed by atoms with Crippen LogP contribution < -0.4 is 5.32 Å².